The molecule has 0 saturated carbocycles. The first-order valence-electron chi connectivity index (χ1n) is 11.8. The van der Waals surface area contributed by atoms with Gasteiger partial charge in [0.15, 0.2) is 0 Å². The van der Waals surface area contributed by atoms with E-state index in [-0.39, 0.29) is 0 Å². The van der Waals surface area contributed by atoms with Crippen LogP contribution in [-0.4, -0.2) is 0 Å². The van der Waals surface area contributed by atoms with E-state index < -0.39 is 0 Å². The van der Waals surface area contributed by atoms with Crippen molar-refractivity contribution in [3.8, 4) is 22.3 Å². The molecule has 0 aliphatic rings. The van der Waals surface area contributed by atoms with Crippen molar-refractivity contribution in [1.29, 1.82) is 0 Å². The number of hydrogen-bond donors (Lipinski definition) is 0. The SMILES string of the molecule is c1ccc(-c2cc(-c3ccccc3)c3cc4cc5cc6ccccc6cc5cc4cc3c2)cc1. The largest absolute Gasteiger partial charge is 0.0622 e. The molecule has 0 aromatic heterocycles. The van der Waals surface area contributed by atoms with E-state index in [0.29, 0.717) is 0 Å². The quantitative estimate of drug-likeness (QED) is 0.239. The molecule has 0 saturated heterocycles. The number of hydrogen-bond acceptors (Lipinski definition) is 0. The Morgan fingerprint density at radius 2 is 0.735 bits per heavy atom. The molecule has 0 N–H and O–H groups in total. The minimum atomic E-state index is 1.24. The Labute approximate surface area is 198 Å². The first kappa shape index (κ1) is 19.1. The van der Waals surface area contributed by atoms with Gasteiger partial charge in [0, 0.05) is 0 Å². The predicted octanol–water partition coefficient (Wildman–Crippen LogP) is 9.63. The third-order valence-electron chi connectivity index (χ3n) is 6.92. The van der Waals surface area contributed by atoms with Gasteiger partial charge in [-0.3, -0.25) is 0 Å². The van der Waals surface area contributed by atoms with Crippen molar-refractivity contribution in [3.05, 3.63) is 133 Å². The van der Waals surface area contributed by atoms with Crippen LogP contribution in [0.5, 0.6) is 0 Å². The van der Waals surface area contributed by atoms with Gasteiger partial charge in [-0.2, -0.15) is 0 Å². The van der Waals surface area contributed by atoms with Crippen LogP contribution in [-0.2, 0) is 0 Å². The standard InChI is InChI=1S/C34H22/c1-3-9-23(10-4-1)30-20-32-19-29-17-27-15-25-13-7-8-14-26(25)16-28(27)18-31(29)22-34(32)33(21-30)24-11-5-2-6-12-24/h1-22H. The third-order valence-corrected chi connectivity index (χ3v) is 6.92. The molecule has 7 aromatic carbocycles. The Morgan fingerprint density at radius 1 is 0.265 bits per heavy atom. The van der Waals surface area contributed by atoms with Crippen LogP contribution >= 0.6 is 0 Å². The van der Waals surface area contributed by atoms with Crippen molar-refractivity contribution < 1.29 is 0 Å². The second-order valence-corrected chi connectivity index (χ2v) is 9.08. The smallest absolute Gasteiger partial charge is 0.00986 e. The predicted molar refractivity (Wildman–Crippen MR) is 147 cm³/mol. The normalized spacial score (nSPS) is 11.5. The van der Waals surface area contributed by atoms with Gasteiger partial charge in [-0.25, -0.2) is 0 Å². The summed E-state index contributed by atoms with van der Waals surface area (Å²) in [6.45, 7) is 0. The van der Waals surface area contributed by atoms with Crippen molar-refractivity contribution in [2.24, 2.45) is 0 Å². The average Bonchev–Trinajstić information content (AvgIpc) is 2.90. The minimum Gasteiger partial charge on any atom is -0.0622 e. The maximum Gasteiger partial charge on any atom is -0.00986 e. The molecular weight excluding hydrogens is 408 g/mol. The fourth-order valence-corrected chi connectivity index (χ4v) is 5.21. The lowest BCUT2D eigenvalue weighted by Crippen LogP contribution is -1.87. The number of benzene rings is 7. The summed E-state index contributed by atoms with van der Waals surface area (Å²) in [5.41, 5.74) is 5.01. The molecule has 7 aromatic rings. The fourth-order valence-electron chi connectivity index (χ4n) is 5.21. The molecule has 0 nitrogen and oxygen atoms in total. The van der Waals surface area contributed by atoms with Crippen LogP contribution in [0.2, 0.25) is 0 Å². The fraction of sp³-hybridized carbons (Fsp3) is 0. The molecule has 0 heteroatoms. The maximum atomic E-state index is 2.37. The summed E-state index contributed by atoms with van der Waals surface area (Å²) < 4.78 is 0. The molecule has 0 heterocycles. The summed E-state index contributed by atoms with van der Waals surface area (Å²) in [6.07, 6.45) is 0. The Bertz CT molecular complexity index is 1830. The second kappa shape index (κ2) is 7.57. The van der Waals surface area contributed by atoms with Crippen molar-refractivity contribution in [1.82, 2.24) is 0 Å². The van der Waals surface area contributed by atoms with Crippen LogP contribution in [0.3, 0.4) is 0 Å². The monoisotopic (exact) mass is 430 g/mol. The molecular formula is C34H22. The highest BCUT2D eigenvalue weighted by Crippen LogP contribution is 2.37. The zero-order valence-electron chi connectivity index (χ0n) is 18.7. The zero-order valence-corrected chi connectivity index (χ0v) is 18.7. The van der Waals surface area contributed by atoms with Crippen molar-refractivity contribution in [2.75, 3.05) is 0 Å². The first-order valence-corrected chi connectivity index (χ1v) is 11.8. The molecule has 0 spiro atoms. The third kappa shape index (κ3) is 3.16. The van der Waals surface area contributed by atoms with E-state index in [4.69, 9.17) is 0 Å². The Morgan fingerprint density at radius 3 is 1.35 bits per heavy atom. The number of rotatable bonds is 2. The molecule has 158 valence electrons. The average molecular weight is 431 g/mol. The maximum absolute atomic E-state index is 2.37. The van der Waals surface area contributed by atoms with E-state index in [1.54, 1.807) is 0 Å². The van der Waals surface area contributed by atoms with Gasteiger partial charge in [-0.1, -0.05) is 84.9 Å². The van der Waals surface area contributed by atoms with Gasteiger partial charge in [0.2, 0.25) is 0 Å². The molecule has 0 atom stereocenters. The summed E-state index contributed by atoms with van der Waals surface area (Å²) in [6, 6.07) is 48.7. The Kier molecular flexibility index (Phi) is 4.25. The summed E-state index contributed by atoms with van der Waals surface area (Å²) in [5.74, 6) is 0. The number of fused-ring (bicyclic) bond motifs is 4. The van der Waals surface area contributed by atoms with Crippen molar-refractivity contribution in [3.63, 3.8) is 0 Å². The second-order valence-electron chi connectivity index (χ2n) is 9.08. The highest BCUT2D eigenvalue weighted by atomic mass is 14.1. The van der Waals surface area contributed by atoms with Crippen LogP contribution in [0.15, 0.2) is 133 Å². The molecule has 0 aliphatic heterocycles. The molecule has 7 rings (SSSR count). The minimum absolute atomic E-state index is 1.24. The molecule has 0 fully saturated rings. The van der Waals surface area contributed by atoms with E-state index in [2.05, 4.69) is 133 Å². The molecule has 0 bridgehead atoms. The Balaban J connectivity index is 1.55. The van der Waals surface area contributed by atoms with E-state index in [0.717, 1.165) is 0 Å². The van der Waals surface area contributed by atoms with Gasteiger partial charge >= 0.3 is 0 Å². The molecule has 0 radical (unpaired) electrons. The van der Waals surface area contributed by atoms with E-state index >= 15 is 0 Å². The summed E-state index contributed by atoms with van der Waals surface area (Å²) in [5, 5.41) is 10.3. The van der Waals surface area contributed by atoms with Gasteiger partial charge in [0.25, 0.3) is 0 Å². The summed E-state index contributed by atoms with van der Waals surface area (Å²) in [4.78, 5) is 0. The Hall–Kier alpha value is -4.42. The lowest BCUT2D eigenvalue weighted by Gasteiger charge is -2.13. The topological polar surface area (TPSA) is 0 Å². The van der Waals surface area contributed by atoms with Gasteiger partial charge in [-0.05, 0) is 114 Å². The van der Waals surface area contributed by atoms with Crippen molar-refractivity contribution >= 4 is 43.1 Å². The van der Waals surface area contributed by atoms with Gasteiger partial charge in [0.05, 0.1) is 0 Å². The lowest BCUT2D eigenvalue weighted by atomic mass is 9.90. The van der Waals surface area contributed by atoms with Crippen LogP contribution in [0.1, 0.15) is 0 Å². The van der Waals surface area contributed by atoms with Crippen molar-refractivity contribution in [2.45, 2.75) is 0 Å². The molecule has 0 amide bonds. The van der Waals surface area contributed by atoms with E-state index in [1.807, 2.05) is 0 Å². The first-order chi connectivity index (χ1) is 16.8. The van der Waals surface area contributed by atoms with Crippen LogP contribution in [0.25, 0.3) is 65.3 Å². The molecule has 0 aliphatic carbocycles. The lowest BCUT2D eigenvalue weighted by molar-refractivity contribution is 1.62. The highest BCUT2D eigenvalue weighted by molar-refractivity contribution is 6.11. The van der Waals surface area contributed by atoms with Gasteiger partial charge in [-0.15, -0.1) is 0 Å². The molecule has 0 unspecified atom stereocenters. The van der Waals surface area contributed by atoms with Crippen LogP contribution in [0, 0.1) is 0 Å². The summed E-state index contributed by atoms with van der Waals surface area (Å²) >= 11 is 0. The molecule has 34 heavy (non-hydrogen) atoms. The van der Waals surface area contributed by atoms with Gasteiger partial charge in [0.1, 0.15) is 0 Å². The van der Waals surface area contributed by atoms with E-state index in [9.17, 15) is 0 Å². The van der Waals surface area contributed by atoms with E-state index in [1.165, 1.54) is 65.3 Å². The zero-order chi connectivity index (χ0) is 22.5. The van der Waals surface area contributed by atoms with Crippen LogP contribution in [0.4, 0.5) is 0 Å². The van der Waals surface area contributed by atoms with Gasteiger partial charge < -0.3 is 0 Å². The van der Waals surface area contributed by atoms with Crippen LogP contribution < -0.4 is 0 Å². The highest BCUT2D eigenvalue weighted by Gasteiger charge is 2.10. The summed E-state index contributed by atoms with van der Waals surface area (Å²) in [7, 11) is 0.